The molecule has 1 unspecified atom stereocenters. The number of ketones is 1. The van der Waals surface area contributed by atoms with Crippen molar-refractivity contribution in [1.29, 1.82) is 0 Å². The molecule has 1 fully saturated rings. The van der Waals surface area contributed by atoms with Crippen LogP contribution in [-0.2, 0) is 16.0 Å². The van der Waals surface area contributed by atoms with E-state index in [0.717, 1.165) is 26.9 Å². The van der Waals surface area contributed by atoms with Gasteiger partial charge in [0.05, 0.1) is 25.8 Å². The third-order valence-electron chi connectivity index (χ3n) is 6.65. The molecular formula is C28H26N2O5S. The summed E-state index contributed by atoms with van der Waals surface area (Å²) in [5.74, 6) is -0.979. The Labute approximate surface area is 212 Å². The summed E-state index contributed by atoms with van der Waals surface area (Å²) in [6.45, 7) is 2.25. The van der Waals surface area contributed by atoms with Crippen LogP contribution in [0, 0.1) is 6.92 Å². The molecule has 4 aromatic rings. The Hall–Kier alpha value is -4.04. The van der Waals surface area contributed by atoms with Gasteiger partial charge in [0.15, 0.2) is 0 Å². The summed E-state index contributed by atoms with van der Waals surface area (Å²) >= 11 is 1.46. The number of rotatable bonds is 7. The van der Waals surface area contributed by atoms with Gasteiger partial charge >= 0.3 is 0 Å². The number of likely N-dealkylation sites (tertiary alicyclic amines) is 1. The number of benzene rings is 2. The highest BCUT2D eigenvalue weighted by atomic mass is 32.1. The molecule has 0 aliphatic carbocycles. The van der Waals surface area contributed by atoms with Crippen LogP contribution < -0.4 is 9.47 Å². The minimum atomic E-state index is -0.725. The highest BCUT2D eigenvalue weighted by molar-refractivity contribution is 7.10. The molecule has 8 heteroatoms. The molecule has 0 spiro atoms. The zero-order chi connectivity index (χ0) is 25.4. The number of para-hydroxylation sites is 1. The molecule has 0 bridgehead atoms. The number of H-pyrrole nitrogens is 1. The van der Waals surface area contributed by atoms with E-state index in [1.165, 1.54) is 25.6 Å². The lowest BCUT2D eigenvalue weighted by molar-refractivity contribution is -0.139. The van der Waals surface area contributed by atoms with Crippen molar-refractivity contribution in [3.8, 4) is 11.5 Å². The number of hydrogen-bond acceptors (Lipinski definition) is 6. The molecule has 7 nitrogen and oxygen atoms in total. The van der Waals surface area contributed by atoms with Crippen molar-refractivity contribution < 1.29 is 24.2 Å². The molecule has 1 aliphatic rings. The third-order valence-corrected chi connectivity index (χ3v) is 7.72. The first-order chi connectivity index (χ1) is 17.5. The van der Waals surface area contributed by atoms with Gasteiger partial charge in [-0.05, 0) is 54.1 Å². The zero-order valence-corrected chi connectivity index (χ0v) is 21.0. The van der Waals surface area contributed by atoms with Gasteiger partial charge in [-0.25, -0.2) is 0 Å². The maximum Gasteiger partial charge on any atom is 0.295 e. The quantitative estimate of drug-likeness (QED) is 0.205. The molecule has 2 aromatic carbocycles. The number of fused-ring (bicyclic) bond motifs is 1. The lowest BCUT2D eigenvalue weighted by Gasteiger charge is -2.25. The first-order valence-electron chi connectivity index (χ1n) is 11.5. The average Bonchev–Trinajstić information content (AvgIpc) is 3.58. The van der Waals surface area contributed by atoms with Crippen molar-refractivity contribution in [3.05, 3.63) is 87.2 Å². The normalized spacial score (nSPS) is 17.2. The second kappa shape index (κ2) is 9.54. The summed E-state index contributed by atoms with van der Waals surface area (Å²) in [5, 5.41) is 14.5. The number of nitrogens with zero attached hydrogens (tertiary/aromatic N) is 1. The molecule has 1 aliphatic heterocycles. The van der Waals surface area contributed by atoms with Crippen LogP contribution in [0.15, 0.2) is 65.7 Å². The lowest BCUT2D eigenvalue weighted by atomic mass is 9.97. The number of Topliss-reactive ketones (excluding diaryl/α,β-unsaturated/α-hetero) is 1. The molecular weight excluding hydrogens is 476 g/mol. The van der Waals surface area contributed by atoms with Gasteiger partial charge in [0, 0.05) is 28.5 Å². The van der Waals surface area contributed by atoms with Crippen molar-refractivity contribution in [2.24, 2.45) is 0 Å². The molecule has 1 saturated heterocycles. The van der Waals surface area contributed by atoms with Crippen molar-refractivity contribution >= 4 is 39.7 Å². The van der Waals surface area contributed by atoms with Crippen LogP contribution in [0.2, 0.25) is 0 Å². The number of hydrogen-bond donors (Lipinski definition) is 2. The molecule has 1 atom stereocenters. The Morgan fingerprint density at radius 1 is 1.06 bits per heavy atom. The molecule has 5 rings (SSSR count). The summed E-state index contributed by atoms with van der Waals surface area (Å²) in [4.78, 5) is 32.5. The van der Waals surface area contributed by atoms with Crippen LogP contribution in [0.1, 0.15) is 27.6 Å². The molecule has 1 amide bonds. The van der Waals surface area contributed by atoms with E-state index < -0.39 is 17.7 Å². The molecule has 3 heterocycles. The SMILES string of the molecule is COc1cccc(OC)c1/C(O)=C1\C(=O)C(=O)N(CCc2c[nH]c3ccccc23)C1c1sccc1C. The number of aliphatic hydroxyl groups excluding tert-OH is 1. The Morgan fingerprint density at radius 3 is 2.44 bits per heavy atom. The van der Waals surface area contributed by atoms with Gasteiger partial charge in [-0.3, -0.25) is 9.59 Å². The van der Waals surface area contributed by atoms with Gasteiger partial charge in [0.2, 0.25) is 0 Å². The first kappa shape index (κ1) is 23.7. The van der Waals surface area contributed by atoms with Crippen molar-refractivity contribution in [3.63, 3.8) is 0 Å². The van der Waals surface area contributed by atoms with Gasteiger partial charge < -0.3 is 24.5 Å². The summed E-state index contributed by atoms with van der Waals surface area (Å²) in [7, 11) is 2.96. The van der Waals surface area contributed by atoms with E-state index in [9.17, 15) is 14.7 Å². The highest BCUT2D eigenvalue weighted by Crippen LogP contribution is 2.45. The minimum Gasteiger partial charge on any atom is -0.506 e. The van der Waals surface area contributed by atoms with Crippen LogP contribution in [0.4, 0.5) is 0 Å². The minimum absolute atomic E-state index is 0.0345. The molecule has 2 aromatic heterocycles. The Bertz CT molecular complexity index is 1480. The van der Waals surface area contributed by atoms with E-state index in [2.05, 4.69) is 4.98 Å². The second-order valence-corrected chi connectivity index (χ2v) is 9.56. The van der Waals surface area contributed by atoms with Gasteiger partial charge in [0.1, 0.15) is 22.8 Å². The van der Waals surface area contributed by atoms with Crippen molar-refractivity contribution in [2.75, 3.05) is 20.8 Å². The number of aryl methyl sites for hydroxylation is 1. The van der Waals surface area contributed by atoms with Crippen LogP contribution >= 0.6 is 11.3 Å². The number of ether oxygens (including phenoxy) is 2. The summed E-state index contributed by atoms with van der Waals surface area (Å²) in [6, 6.07) is 14.3. The topological polar surface area (TPSA) is 91.9 Å². The van der Waals surface area contributed by atoms with Crippen LogP contribution in [0.3, 0.4) is 0 Å². The smallest absolute Gasteiger partial charge is 0.295 e. The largest absolute Gasteiger partial charge is 0.506 e. The van der Waals surface area contributed by atoms with E-state index in [4.69, 9.17) is 9.47 Å². The summed E-state index contributed by atoms with van der Waals surface area (Å²) in [5.41, 5.74) is 3.30. The van der Waals surface area contributed by atoms with Crippen molar-refractivity contribution in [2.45, 2.75) is 19.4 Å². The predicted molar refractivity (Wildman–Crippen MR) is 140 cm³/mol. The number of aromatic amines is 1. The van der Waals surface area contributed by atoms with Gasteiger partial charge in [-0.1, -0.05) is 24.3 Å². The molecule has 0 saturated carbocycles. The molecule has 184 valence electrons. The van der Waals surface area contributed by atoms with Crippen LogP contribution in [-0.4, -0.2) is 47.4 Å². The van der Waals surface area contributed by atoms with E-state index >= 15 is 0 Å². The molecule has 36 heavy (non-hydrogen) atoms. The number of methoxy groups -OCH3 is 2. The van der Waals surface area contributed by atoms with E-state index in [1.54, 1.807) is 23.1 Å². The maximum atomic E-state index is 13.4. The second-order valence-electron chi connectivity index (χ2n) is 8.61. The highest BCUT2D eigenvalue weighted by Gasteiger charge is 2.47. The van der Waals surface area contributed by atoms with Crippen LogP contribution in [0.5, 0.6) is 11.5 Å². The van der Waals surface area contributed by atoms with E-state index in [0.29, 0.717) is 24.5 Å². The van der Waals surface area contributed by atoms with Crippen LogP contribution in [0.25, 0.3) is 16.7 Å². The van der Waals surface area contributed by atoms with E-state index in [-0.39, 0.29) is 16.9 Å². The zero-order valence-electron chi connectivity index (χ0n) is 20.2. The molecule has 2 N–H and O–H groups in total. The Morgan fingerprint density at radius 2 is 1.78 bits per heavy atom. The average molecular weight is 503 g/mol. The third kappa shape index (κ3) is 3.83. The number of carbonyl (C=O) groups excluding carboxylic acids is 2. The maximum absolute atomic E-state index is 13.4. The predicted octanol–water partition coefficient (Wildman–Crippen LogP) is 5.22. The fourth-order valence-electron chi connectivity index (χ4n) is 4.85. The van der Waals surface area contributed by atoms with E-state index in [1.807, 2.05) is 48.8 Å². The number of aromatic nitrogens is 1. The fraction of sp³-hybridized carbons (Fsp3) is 0.214. The Balaban J connectivity index is 1.62. The number of amides is 1. The monoisotopic (exact) mass is 502 g/mol. The lowest BCUT2D eigenvalue weighted by Crippen LogP contribution is -2.31. The fourth-order valence-corrected chi connectivity index (χ4v) is 5.89. The number of carbonyl (C=O) groups is 2. The first-order valence-corrected chi connectivity index (χ1v) is 12.4. The number of aliphatic hydroxyl groups is 1. The number of thiophene rings is 1. The van der Waals surface area contributed by atoms with Gasteiger partial charge in [0.25, 0.3) is 11.7 Å². The van der Waals surface area contributed by atoms with Crippen molar-refractivity contribution in [1.82, 2.24) is 9.88 Å². The summed E-state index contributed by atoms with van der Waals surface area (Å²) < 4.78 is 10.9. The van der Waals surface area contributed by atoms with Gasteiger partial charge in [-0.2, -0.15) is 0 Å². The molecule has 0 radical (unpaired) electrons. The van der Waals surface area contributed by atoms with Gasteiger partial charge in [-0.15, -0.1) is 11.3 Å². The number of nitrogens with one attached hydrogen (secondary N) is 1. The Kier molecular flexibility index (Phi) is 6.28. The summed E-state index contributed by atoms with van der Waals surface area (Å²) in [6.07, 6.45) is 2.49. The standard InChI is InChI=1S/C28H26N2O5S/c1-16-12-14-36-27(16)24-23(25(31)22-20(34-2)9-6-10-21(22)35-3)26(32)28(33)30(24)13-11-17-15-29-19-8-5-4-7-18(17)19/h4-10,12,14-15,24,29,31H,11,13H2,1-3H3/b25-23+.